The van der Waals surface area contributed by atoms with Gasteiger partial charge >= 0.3 is 0 Å². The van der Waals surface area contributed by atoms with E-state index in [4.69, 9.17) is 12.2 Å². The molecule has 3 N–H and O–H groups in total. The van der Waals surface area contributed by atoms with Gasteiger partial charge < -0.3 is 5.32 Å². The highest BCUT2D eigenvalue weighted by Crippen LogP contribution is 1.85. The Labute approximate surface area is 95.0 Å². The van der Waals surface area contributed by atoms with Crippen LogP contribution in [0.25, 0.3) is 0 Å². The highest BCUT2D eigenvalue weighted by Gasteiger charge is 2.03. The van der Waals surface area contributed by atoms with Crippen LogP contribution in [0.4, 0.5) is 0 Å². The maximum absolute atomic E-state index is 11.1. The highest BCUT2D eigenvalue weighted by atomic mass is 32.1. The van der Waals surface area contributed by atoms with E-state index in [2.05, 4.69) is 16.2 Å². The van der Waals surface area contributed by atoms with Gasteiger partial charge in [-0.3, -0.25) is 20.4 Å². The SMILES string of the molecule is CCCC(=O)NNC(=S)NC(=O)CCC. The fourth-order valence-corrected chi connectivity index (χ4v) is 1.03. The Morgan fingerprint density at radius 1 is 1.00 bits per heavy atom. The first kappa shape index (κ1) is 13.8. The molecule has 0 saturated heterocycles. The average molecular weight is 231 g/mol. The molecule has 5 nitrogen and oxygen atoms in total. The van der Waals surface area contributed by atoms with Crippen LogP contribution >= 0.6 is 12.2 Å². The second-order valence-corrected chi connectivity index (χ2v) is 3.46. The number of carbonyl (C=O) groups is 2. The van der Waals surface area contributed by atoms with Crippen molar-refractivity contribution in [3.8, 4) is 0 Å². The summed E-state index contributed by atoms with van der Waals surface area (Å²) in [6.07, 6.45) is 2.38. The summed E-state index contributed by atoms with van der Waals surface area (Å²) in [4.78, 5) is 22.1. The monoisotopic (exact) mass is 231 g/mol. The molecular formula is C9H17N3O2S. The summed E-state index contributed by atoms with van der Waals surface area (Å²) < 4.78 is 0. The van der Waals surface area contributed by atoms with Gasteiger partial charge in [-0.25, -0.2) is 0 Å². The van der Waals surface area contributed by atoms with Gasteiger partial charge in [0.25, 0.3) is 0 Å². The number of hydrazine groups is 1. The van der Waals surface area contributed by atoms with Crippen molar-refractivity contribution in [3.05, 3.63) is 0 Å². The minimum atomic E-state index is -0.153. The predicted molar refractivity (Wildman–Crippen MR) is 61.8 cm³/mol. The second-order valence-electron chi connectivity index (χ2n) is 3.05. The van der Waals surface area contributed by atoms with Crippen molar-refractivity contribution in [2.75, 3.05) is 0 Å². The average Bonchev–Trinajstić information content (AvgIpc) is 2.15. The molecule has 0 aromatic carbocycles. The molecule has 86 valence electrons. The highest BCUT2D eigenvalue weighted by molar-refractivity contribution is 7.80. The lowest BCUT2D eigenvalue weighted by Gasteiger charge is -2.09. The Morgan fingerprint density at radius 2 is 1.53 bits per heavy atom. The van der Waals surface area contributed by atoms with Crippen LogP contribution in [0.1, 0.15) is 39.5 Å². The second kappa shape index (κ2) is 8.16. The number of hydrogen-bond donors (Lipinski definition) is 3. The summed E-state index contributed by atoms with van der Waals surface area (Å²) in [5.41, 5.74) is 4.84. The van der Waals surface area contributed by atoms with Gasteiger partial charge in [-0.05, 0) is 25.1 Å². The molecule has 0 aliphatic heterocycles. The van der Waals surface area contributed by atoms with E-state index in [1.165, 1.54) is 0 Å². The van der Waals surface area contributed by atoms with E-state index in [0.29, 0.717) is 12.8 Å². The van der Waals surface area contributed by atoms with Crippen LogP contribution in [0, 0.1) is 0 Å². The largest absolute Gasteiger partial charge is 0.302 e. The topological polar surface area (TPSA) is 70.2 Å². The van der Waals surface area contributed by atoms with Crippen molar-refractivity contribution in [1.82, 2.24) is 16.2 Å². The van der Waals surface area contributed by atoms with Crippen LogP contribution in [0.2, 0.25) is 0 Å². The van der Waals surface area contributed by atoms with Crippen LogP contribution in [0.3, 0.4) is 0 Å². The Kier molecular flexibility index (Phi) is 7.53. The fraction of sp³-hybridized carbons (Fsp3) is 0.667. The molecule has 0 fully saturated rings. The van der Waals surface area contributed by atoms with E-state index in [1.807, 2.05) is 13.8 Å². The smallest absolute Gasteiger partial charge is 0.238 e. The fourth-order valence-electron chi connectivity index (χ4n) is 0.863. The van der Waals surface area contributed by atoms with Crippen LogP contribution in [-0.2, 0) is 9.59 Å². The molecule has 0 aliphatic rings. The molecule has 0 aromatic rings. The van der Waals surface area contributed by atoms with Crippen molar-refractivity contribution in [2.45, 2.75) is 39.5 Å². The van der Waals surface area contributed by atoms with Crippen molar-refractivity contribution >= 4 is 29.1 Å². The number of rotatable bonds is 4. The van der Waals surface area contributed by atoms with Crippen molar-refractivity contribution in [1.29, 1.82) is 0 Å². The zero-order chi connectivity index (χ0) is 11.7. The molecule has 0 aromatic heterocycles. The van der Waals surface area contributed by atoms with Crippen molar-refractivity contribution in [3.63, 3.8) is 0 Å². The maximum Gasteiger partial charge on any atom is 0.238 e. The first-order valence-electron chi connectivity index (χ1n) is 4.98. The quantitative estimate of drug-likeness (QED) is 0.490. The minimum Gasteiger partial charge on any atom is -0.302 e. The molecule has 0 aliphatic carbocycles. The summed E-state index contributed by atoms with van der Waals surface area (Å²) in [6.45, 7) is 3.81. The van der Waals surface area contributed by atoms with Crippen molar-refractivity contribution < 1.29 is 9.59 Å². The molecule has 0 atom stereocenters. The van der Waals surface area contributed by atoms with Crippen LogP contribution in [-0.4, -0.2) is 16.9 Å². The Bertz CT molecular complexity index is 244. The molecule has 2 amide bonds. The van der Waals surface area contributed by atoms with Crippen LogP contribution < -0.4 is 16.2 Å². The molecule has 0 radical (unpaired) electrons. The standard InChI is InChI=1S/C9H17N3O2S/c1-3-5-7(13)10-9(15)12-11-8(14)6-4-2/h3-6H2,1-2H3,(H,11,14)(H2,10,12,13,15). The predicted octanol–water partition coefficient (Wildman–Crippen LogP) is 0.608. The Balaban J connectivity index is 3.66. The molecule has 0 heterocycles. The van der Waals surface area contributed by atoms with Gasteiger partial charge in [0.2, 0.25) is 11.8 Å². The third-order valence-electron chi connectivity index (χ3n) is 1.52. The molecular weight excluding hydrogens is 214 g/mol. The Hall–Kier alpha value is -1.17. The first-order chi connectivity index (χ1) is 7.10. The molecule has 0 saturated carbocycles. The van der Waals surface area contributed by atoms with E-state index in [-0.39, 0.29) is 16.9 Å². The van der Waals surface area contributed by atoms with Gasteiger partial charge in [0, 0.05) is 12.8 Å². The zero-order valence-electron chi connectivity index (χ0n) is 9.05. The van der Waals surface area contributed by atoms with Crippen molar-refractivity contribution in [2.24, 2.45) is 0 Å². The number of carbonyl (C=O) groups excluding carboxylic acids is 2. The van der Waals surface area contributed by atoms with E-state index in [1.54, 1.807) is 0 Å². The van der Waals surface area contributed by atoms with Gasteiger partial charge in [-0.15, -0.1) is 0 Å². The summed E-state index contributed by atoms with van der Waals surface area (Å²) in [5.74, 6) is -0.302. The molecule has 0 unspecified atom stereocenters. The number of hydrogen-bond acceptors (Lipinski definition) is 3. The summed E-state index contributed by atoms with van der Waals surface area (Å²) >= 11 is 4.79. The van der Waals surface area contributed by atoms with Gasteiger partial charge in [-0.1, -0.05) is 13.8 Å². The van der Waals surface area contributed by atoms with E-state index >= 15 is 0 Å². The van der Waals surface area contributed by atoms with E-state index in [0.717, 1.165) is 12.8 Å². The maximum atomic E-state index is 11.1. The molecule has 0 rings (SSSR count). The number of thiocarbonyl (C=S) groups is 1. The first-order valence-corrected chi connectivity index (χ1v) is 5.39. The molecule has 6 heteroatoms. The lowest BCUT2D eigenvalue weighted by Crippen LogP contribution is -2.48. The molecule has 0 spiro atoms. The summed E-state index contributed by atoms with van der Waals surface area (Å²) in [7, 11) is 0. The van der Waals surface area contributed by atoms with Gasteiger partial charge in [0.05, 0.1) is 0 Å². The zero-order valence-corrected chi connectivity index (χ0v) is 9.87. The van der Waals surface area contributed by atoms with Gasteiger partial charge in [0.15, 0.2) is 5.11 Å². The van der Waals surface area contributed by atoms with E-state index < -0.39 is 0 Å². The summed E-state index contributed by atoms with van der Waals surface area (Å²) in [5, 5.41) is 2.57. The minimum absolute atomic E-state index is 0.123. The van der Waals surface area contributed by atoms with Crippen LogP contribution in [0.5, 0.6) is 0 Å². The molecule has 0 bridgehead atoms. The third-order valence-corrected chi connectivity index (χ3v) is 1.73. The number of nitrogens with one attached hydrogen (secondary N) is 3. The number of amides is 2. The lowest BCUT2D eigenvalue weighted by molar-refractivity contribution is -0.122. The third kappa shape index (κ3) is 7.87. The van der Waals surface area contributed by atoms with E-state index in [9.17, 15) is 9.59 Å². The lowest BCUT2D eigenvalue weighted by atomic mass is 10.3. The Morgan fingerprint density at radius 3 is 2.07 bits per heavy atom. The van der Waals surface area contributed by atoms with Gasteiger partial charge in [0.1, 0.15) is 0 Å². The molecule has 15 heavy (non-hydrogen) atoms. The normalized spacial score (nSPS) is 9.20. The van der Waals surface area contributed by atoms with Crippen LogP contribution in [0.15, 0.2) is 0 Å². The summed E-state index contributed by atoms with van der Waals surface area (Å²) in [6, 6.07) is 0. The van der Waals surface area contributed by atoms with Gasteiger partial charge in [-0.2, -0.15) is 0 Å².